The van der Waals surface area contributed by atoms with E-state index in [0.717, 1.165) is 5.69 Å². The number of rotatable bonds is 2. The molecule has 0 saturated heterocycles. The summed E-state index contributed by atoms with van der Waals surface area (Å²) in [4.78, 5) is 7.82. The van der Waals surface area contributed by atoms with E-state index in [2.05, 4.69) is 15.3 Å². The van der Waals surface area contributed by atoms with Gasteiger partial charge in [0.25, 0.3) is 0 Å². The first-order valence-electron chi connectivity index (χ1n) is 3.40. The van der Waals surface area contributed by atoms with Crippen LogP contribution in [0.2, 0.25) is 0 Å². The number of nitrogens with zero attached hydrogens (tertiary/aromatic N) is 2. The molecule has 1 heterocycles. The van der Waals surface area contributed by atoms with Gasteiger partial charge in [0.05, 0.1) is 5.69 Å². The molecule has 1 aromatic heterocycles. The highest BCUT2D eigenvalue weighted by Gasteiger charge is 1.97. The van der Waals surface area contributed by atoms with Crippen molar-refractivity contribution in [3.05, 3.63) is 17.6 Å². The van der Waals surface area contributed by atoms with Crippen molar-refractivity contribution in [2.45, 2.75) is 13.5 Å². The van der Waals surface area contributed by atoms with Crippen molar-refractivity contribution in [1.29, 1.82) is 0 Å². The molecule has 0 unspecified atom stereocenters. The highest BCUT2D eigenvalue weighted by atomic mass is 16.3. The van der Waals surface area contributed by atoms with Crippen LogP contribution in [0.15, 0.2) is 6.07 Å². The first kappa shape index (κ1) is 7.94. The van der Waals surface area contributed by atoms with Crippen molar-refractivity contribution >= 4 is 0 Å². The summed E-state index contributed by atoms with van der Waals surface area (Å²) >= 11 is 0. The van der Waals surface area contributed by atoms with Crippen LogP contribution in [0.1, 0.15) is 11.5 Å². The Morgan fingerprint density at radius 1 is 1.55 bits per heavy atom. The maximum absolute atomic E-state index is 9.04. The first-order valence-corrected chi connectivity index (χ1v) is 3.40. The van der Waals surface area contributed by atoms with Crippen molar-refractivity contribution in [3.8, 4) is 5.88 Å². The summed E-state index contributed by atoms with van der Waals surface area (Å²) < 4.78 is 0. The topological polar surface area (TPSA) is 58.0 Å². The zero-order valence-corrected chi connectivity index (χ0v) is 6.63. The molecule has 0 amide bonds. The Morgan fingerprint density at radius 3 is 2.82 bits per heavy atom. The number of hydrogen-bond acceptors (Lipinski definition) is 4. The molecule has 0 saturated carbocycles. The van der Waals surface area contributed by atoms with Gasteiger partial charge in [0.15, 0.2) is 0 Å². The van der Waals surface area contributed by atoms with Gasteiger partial charge in [0, 0.05) is 12.6 Å². The van der Waals surface area contributed by atoms with E-state index >= 15 is 0 Å². The fourth-order valence-corrected chi connectivity index (χ4v) is 0.884. The Labute approximate surface area is 65.3 Å². The van der Waals surface area contributed by atoms with Crippen molar-refractivity contribution < 1.29 is 5.11 Å². The molecule has 0 fully saturated rings. The van der Waals surface area contributed by atoms with Crippen LogP contribution >= 0.6 is 0 Å². The highest BCUT2D eigenvalue weighted by molar-refractivity contribution is 5.14. The smallest absolute Gasteiger partial charge is 0.214 e. The first-order chi connectivity index (χ1) is 5.22. The van der Waals surface area contributed by atoms with Gasteiger partial charge in [-0.25, -0.2) is 4.98 Å². The summed E-state index contributed by atoms with van der Waals surface area (Å²) in [5.41, 5.74) is 0.803. The third kappa shape index (κ3) is 2.16. The van der Waals surface area contributed by atoms with Crippen LogP contribution in [0.3, 0.4) is 0 Å². The quantitative estimate of drug-likeness (QED) is 0.637. The van der Waals surface area contributed by atoms with Crippen molar-refractivity contribution in [2.75, 3.05) is 7.05 Å². The standard InChI is InChI=1S/C7H11N3O/c1-5-9-6(4-8-2)3-7(11)10-5/h3,8H,4H2,1-2H3,(H,9,10,11). The number of hydrogen-bond donors (Lipinski definition) is 2. The summed E-state index contributed by atoms with van der Waals surface area (Å²) in [6, 6.07) is 1.55. The Balaban J connectivity index is 2.89. The summed E-state index contributed by atoms with van der Waals surface area (Å²) in [5.74, 6) is 0.623. The van der Waals surface area contributed by atoms with Gasteiger partial charge in [0.2, 0.25) is 5.88 Å². The van der Waals surface area contributed by atoms with E-state index in [1.165, 1.54) is 0 Å². The Kier molecular flexibility index (Phi) is 2.38. The molecule has 60 valence electrons. The molecule has 0 aliphatic heterocycles. The van der Waals surface area contributed by atoms with Gasteiger partial charge in [-0.2, -0.15) is 4.98 Å². The summed E-state index contributed by atoms with van der Waals surface area (Å²) in [6.45, 7) is 2.40. The third-order valence-corrected chi connectivity index (χ3v) is 1.24. The van der Waals surface area contributed by atoms with Crippen LogP contribution in [-0.2, 0) is 6.54 Å². The van der Waals surface area contributed by atoms with Crippen LogP contribution in [-0.4, -0.2) is 22.1 Å². The van der Waals surface area contributed by atoms with Crippen LogP contribution in [0, 0.1) is 6.92 Å². The number of aromatic nitrogens is 2. The fraction of sp³-hybridized carbons (Fsp3) is 0.429. The minimum Gasteiger partial charge on any atom is -0.493 e. The lowest BCUT2D eigenvalue weighted by Crippen LogP contribution is -2.07. The molecule has 4 nitrogen and oxygen atoms in total. The monoisotopic (exact) mass is 153 g/mol. The fourth-order valence-electron chi connectivity index (χ4n) is 0.884. The maximum Gasteiger partial charge on any atom is 0.214 e. The second kappa shape index (κ2) is 3.30. The van der Waals surface area contributed by atoms with Crippen molar-refractivity contribution in [1.82, 2.24) is 15.3 Å². The van der Waals surface area contributed by atoms with E-state index in [-0.39, 0.29) is 5.88 Å². The molecular weight excluding hydrogens is 142 g/mol. The normalized spacial score (nSPS) is 10.0. The number of nitrogens with one attached hydrogen (secondary N) is 1. The molecule has 0 aliphatic rings. The molecule has 0 aromatic carbocycles. The lowest BCUT2D eigenvalue weighted by molar-refractivity contribution is 0.448. The predicted octanol–water partition coefficient (Wildman–Crippen LogP) is 0.210. The zero-order chi connectivity index (χ0) is 8.27. The van der Waals surface area contributed by atoms with Gasteiger partial charge in [-0.3, -0.25) is 0 Å². The minimum atomic E-state index is 0.0303. The van der Waals surface area contributed by atoms with Gasteiger partial charge in [-0.05, 0) is 14.0 Å². The van der Waals surface area contributed by atoms with Gasteiger partial charge < -0.3 is 10.4 Å². The highest BCUT2D eigenvalue weighted by Crippen LogP contribution is 2.05. The number of aromatic hydroxyl groups is 1. The molecule has 0 atom stereocenters. The molecule has 1 rings (SSSR count). The Hall–Kier alpha value is -1.16. The minimum absolute atomic E-state index is 0.0303. The van der Waals surface area contributed by atoms with Crippen LogP contribution in [0.25, 0.3) is 0 Å². The SMILES string of the molecule is CNCc1cc(O)nc(C)n1. The second-order valence-corrected chi connectivity index (χ2v) is 2.30. The summed E-state index contributed by atoms with van der Waals surface area (Å²) in [5, 5.41) is 12.0. The van der Waals surface area contributed by atoms with Gasteiger partial charge in [-0.15, -0.1) is 0 Å². The Morgan fingerprint density at radius 2 is 2.27 bits per heavy atom. The number of aryl methyl sites for hydroxylation is 1. The van der Waals surface area contributed by atoms with Crippen LogP contribution < -0.4 is 5.32 Å². The molecular formula is C7H11N3O. The third-order valence-electron chi connectivity index (χ3n) is 1.24. The van der Waals surface area contributed by atoms with Crippen LogP contribution in [0.4, 0.5) is 0 Å². The molecule has 4 heteroatoms. The van der Waals surface area contributed by atoms with E-state index < -0.39 is 0 Å². The molecule has 2 N–H and O–H groups in total. The molecule has 0 spiro atoms. The van der Waals surface area contributed by atoms with E-state index in [4.69, 9.17) is 5.11 Å². The second-order valence-electron chi connectivity index (χ2n) is 2.30. The van der Waals surface area contributed by atoms with Gasteiger partial charge in [0.1, 0.15) is 5.82 Å². The average molecular weight is 153 g/mol. The van der Waals surface area contributed by atoms with E-state index in [9.17, 15) is 0 Å². The average Bonchev–Trinajstić information content (AvgIpc) is 1.85. The summed E-state index contributed by atoms with van der Waals surface area (Å²) in [7, 11) is 1.83. The van der Waals surface area contributed by atoms with Crippen LogP contribution in [0.5, 0.6) is 5.88 Å². The zero-order valence-electron chi connectivity index (χ0n) is 6.63. The van der Waals surface area contributed by atoms with E-state index in [1.807, 2.05) is 7.05 Å². The lowest BCUT2D eigenvalue weighted by atomic mass is 10.4. The molecule has 0 bridgehead atoms. The van der Waals surface area contributed by atoms with Crippen molar-refractivity contribution in [3.63, 3.8) is 0 Å². The van der Waals surface area contributed by atoms with Gasteiger partial charge in [-0.1, -0.05) is 0 Å². The maximum atomic E-state index is 9.04. The lowest BCUT2D eigenvalue weighted by Gasteiger charge is -2.00. The van der Waals surface area contributed by atoms with E-state index in [0.29, 0.717) is 12.4 Å². The Bertz CT molecular complexity index is 229. The van der Waals surface area contributed by atoms with E-state index in [1.54, 1.807) is 13.0 Å². The molecule has 11 heavy (non-hydrogen) atoms. The molecule has 0 radical (unpaired) electrons. The molecule has 1 aromatic rings. The van der Waals surface area contributed by atoms with Gasteiger partial charge >= 0.3 is 0 Å². The largest absolute Gasteiger partial charge is 0.493 e. The summed E-state index contributed by atoms with van der Waals surface area (Å²) in [6.07, 6.45) is 0. The van der Waals surface area contributed by atoms with Crippen molar-refractivity contribution in [2.24, 2.45) is 0 Å². The predicted molar refractivity (Wildman–Crippen MR) is 41.2 cm³/mol. The molecule has 0 aliphatic carbocycles.